The number of carbonyl (C=O) groups excluding carboxylic acids is 3. The van der Waals surface area contributed by atoms with Gasteiger partial charge in [0, 0.05) is 30.5 Å². The molecular formula is C17H26N6O8S. The average molecular weight is 474 g/mol. The number of aliphatic hydroxyl groups excluding tert-OH is 1. The maximum absolute atomic E-state index is 12.7. The molecule has 4 unspecified atom stereocenters. The van der Waals surface area contributed by atoms with Crippen LogP contribution in [0.4, 0.5) is 0 Å². The smallest absolute Gasteiger partial charge is 0.327 e. The number of rotatable bonds is 14. The topological polar surface area (TPSA) is 237 Å². The van der Waals surface area contributed by atoms with E-state index in [4.69, 9.17) is 15.9 Å². The van der Waals surface area contributed by atoms with Crippen molar-refractivity contribution < 1.29 is 39.3 Å². The third kappa shape index (κ3) is 8.91. The molecule has 1 rings (SSSR count). The summed E-state index contributed by atoms with van der Waals surface area (Å²) in [4.78, 5) is 65.5. The van der Waals surface area contributed by atoms with Gasteiger partial charge < -0.3 is 42.0 Å². The monoisotopic (exact) mass is 474 g/mol. The second-order valence-corrected chi connectivity index (χ2v) is 7.07. The molecule has 32 heavy (non-hydrogen) atoms. The Bertz CT molecular complexity index is 805. The molecule has 0 radical (unpaired) electrons. The molecule has 0 aliphatic heterocycles. The summed E-state index contributed by atoms with van der Waals surface area (Å²) in [6.45, 7) is -0.848. The van der Waals surface area contributed by atoms with E-state index in [9.17, 15) is 29.1 Å². The van der Waals surface area contributed by atoms with Crippen LogP contribution in [0.3, 0.4) is 0 Å². The van der Waals surface area contributed by atoms with E-state index >= 15 is 0 Å². The molecule has 1 aromatic heterocycles. The fourth-order valence-corrected chi connectivity index (χ4v) is 2.69. The quantitative estimate of drug-likeness (QED) is 0.121. The van der Waals surface area contributed by atoms with Gasteiger partial charge in [-0.25, -0.2) is 9.78 Å². The van der Waals surface area contributed by atoms with E-state index in [2.05, 4.69) is 38.5 Å². The number of amides is 3. The molecule has 0 spiro atoms. The Morgan fingerprint density at radius 2 is 1.62 bits per heavy atom. The van der Waals surface area contributed by atoms with Crippen molar-refractivity contribution in [1.29, 1.82) is 0 Å². The van der Waals surface area contributed by atoms with Crippen LogP contribution in [0.5, 0.6) is 0 Å². The van der Waals surface area contributed by atoms with Gasteiger partial charge in [0.2, 0.25) is 17.7 Å². The number of aliphatic hydroxyl groups is 1. The number of nitrogens with zero attached hydrogens (tertiary/aromatic N) is 1. The molecular weight excluding hydrogens is 448 g/mol. The number of aromatic amines is 1. The fourth-order valence-electron chi connectivity index (χ4n) is 2.44. The van der Waals surface area contributed by atoms with Crippen molar-refractivity contribution in [3.05, 3.63) is 18.2 Å². The number of hydrogen-bond acceptors (Lipinski definition) is 9. The first-order valence-corrected chi connectivity index (χ1v) is 10.0. The molecule has 15 heteroatoms. The molecule has 178 valence electrons. The standard InChI is InChI=1S/C17H26N6O8S/c18-9(1-2-13(25)26)14(27)21-10(3-8-4-19-7-20-8)15(28)22-11(5-24)16(29)23-12(6-32)17(30)31/h4,7,9-12,24,32H,1-3,5-6,18H2,(H,19,20)(H,21,27)(H,22,28)(H,23,29)(H,25,26)(H,30,31). The molecule has 0 aromatic carbocycles. The molecule has 1 heterocycles. The third-order valence-corrected chi connectivity index (χ3v) is 4.60. The van der Waals surface area contributed by atoms with Gasteiger partial charge >= 0.3 is 11.9 Å². The van der Waals surface area contributed by atoms with Gasteiger partial charge in [-0.1, -0.05) is 0 Å². The van der Waals surface area contributed by atoms with Crippen LogP contribution in [0.2, 0.25) is 0 Å². The number of hydrogen-bond donors (Lipinski definition) is 9. The van der Waals surface area contributed by atoms with Crippen LogP contribution in [0.15, 0.2) is 12.5 Å². The lowest BCUT2D eigenvalue weighted by Gasteiger charge is -2.23. The van der Waals surface area contributed by atoms with Gasteiger partial charge in [0.15, 0.2) is 0 Å². The molecule has 0 saturated heterocycles. The SMILES string of the molecule is NC(CCC(=O)O)C(=O)NC(Cc1cnc[nH]1)C(=O)NC(CO)C(=O)NC(CS)C(=O)O. The van der Waals surface area contributed by atoms with Crippen LogP contribution < -0.4 is 21.7 Å². The molecule has 0 saturated carbocycles. The van der Waals surface area contributed by atoms with Gasteiger partial charge in [0.1, 0.15) is 18.1 Å². The lowest BCUT2D eigenvalue weighted by atomic mass is 10.1. The van der Waals surface area contributed by atoms with E-state index in [1.807, 2.05) is 0 Å². The molecule has 0 bridgehead atoms. The van der Waals surface area contributed by atoms with Crippen molar-refractivity contribution in [2.75, 3.05) is 12.4 Å². The van der Waals surface area contributed by atoms with Gasteiger partial charge in [-0.15, -0.1) is 0 Å². The second kappa shape index (κ2) is 13.3. The Morgan fingerprint density at radius 1 is 1.03 bits per heavy atom. The molecule has 0 fully saturated rings. The Hall–Kier alpha value is -3.17. The highest BCUT2D eigenvalue weighted by molar-refractivity contribution is 7.80. The van der Waals surface area contributed by atoms with Gasteiger partial charge in [-0.2, -0.15) is 12.6 Å². The zero-order valence-corrected chi connectivity index (χ0v) is 17.7. The lowest BCUT2D eigenvalue weighted by Crippen LogP contribution is -2.58. The lowest BCUT2D eigenvalue weighted by molar-refractivity contribution is -0.142. The van der Waals surface area contributed by atoms with Gasteiger partial charge in [-0.05, 0) is 6.42 Å². The zero-order valence-electron chi connectivity index (χ0n) is 16.9. The summed E-state index contributed by atoms with van der Waals surface area (Å²) in [6, 6.07) is -5.32. The summed E-state index contributed by atoms with van der Waals surface area (Å²) < 4.78 is 0. The Labute approximate surface area is 187 Å². The number of aliphatic carboxylic acids is 2. The van der Waals surface area contributed by atoms with Crippen molar-refractivity contribution in [2.45, 2.75) is 43.4 Å². The molecule has 0 aliphatic carbocycles. The molecule has 3 amide bonds. The third-order valence-electron chi connectivity index (χ3n) is 4.23. The Morgan fingerprint density at radius 3 is 2.12 bits per heavy atom. The van der Waals surface area contributed by atoms with E-state index in [1.54, 1.807) is 0 Å². The predicted molar refractivity (Wildman–Crippen MR) is 112 cm³/mol. The number of nitrogens with two attached hydrogens (primary N) is 1. The summed E-state index contributed by atoms with van der Waals surface area (Å²) >= 11 is 3.81. The van der Waals surface area contributed by atoms with Gasteiger partial charge in [0.05, 0.1) is 19.0 Å². The highest BCUT2D eigenvalue weighted by atomic mass is 32.1. The minimum Gasteiger partial charge on any atom is -0.481 e. The van der Waals surface area contributed by atoms with E-state index in [-0.39, 0.29) is 25.0 Å². The number of imidazole rings is 1. The summed E-state index contributed by atoms with van der Waals surface area (Å²) in [7, 11) is 0. The highest BCUT2D eigenvalue weighted by Gasteiger charge is 2.30. The van der Waals surface area contributed by atoms with Crippen molar-refractivity contribution >= 4 is 42.3 Å². The maximum atomic E-state index is 12.7. The average Bonchev–Trinajstić information content (AvgIpc) is 3.25. The predicted octanol–water partition coefficient (Wildman–Crippen LogP) is -3.39. The molecule has 1 aromatic rings. The number of carboxylic acids is 2. The number of aromatic nitrogens is 2. The molecule has 4 atom stereocenters. The number of carboxylic acid groups (broad SMARTS) is 2. The Kier molecular flexibility index (Phi) is 11.2. The first kappa shape index (κ1) is 26.9. The minimum absolute atomic E-state index is 0.0859. The van der Waals surface area contributed by atoms with Crippen LogP contribution >= 0.6 is 12.6 Å². The minimum atomic E-state index is -1.51. The van der Waals surface area contributed by atoms with Crippen LogP contribution in [0, 0.1) is 0 Å². The first-order chi connectivity index (χ1) is 15.1. The van der Waals surface area contributed by atoms with E-state index in [0.29, 0.717) is 5.69 Å². The van der Waals surface area contributed by atoms with Crippen LogP contribution in [0.25, 0.3) is 0 Å². The van der Waals surface area contributed by atoms with Crippen molar-refractivity contribution in [1.82, 2.24) is 25.9 Å². The Balaban J connectivity index is 2.89. The maximum Gasteiger partial charge on any atom is 0.327 e. The summed E-state index contributed by atoms with van der Waals surface area (Å²) in [6.07, 6.45) is 2.14. The first-order valence-electron chi connectivity index (χ1n) is 9.39. The van der Waals surface area contributed by atoms with Crippen molar-refractivity contribution in [2.24, 2.45) is 5.73 Å². The fraction of sp³-hybridized carbons (Fsp3) is 0.529. The highest BCUT2D eigenvalue weighted by Crippen LogP contribution is 2.03. The normalized spacial score (nSPS) is 14.5. The van der Waals surface area contributed by atoms with E-state index < -0.39 is 60.4 Å². The zero-order chi connectivity index (χ0) is 24.3. The summed E-state index contributed by atoms with van der Waals surface area (Å²) in [5.41, 5.74) is 6.12. The van der Waals surface area contributed by atoms with Crippen molar-refractivity contribution in [3.8, 4) is 0 Å². The second-order valence-electron chi connectivity index (χ2n) is 6.71. The van der Waals surface area contributed by atoms with Crippen LogP contribution in [0.1, 0.15) is 18.5 Å². The van der Waals surface area contributed by atoms with E-state index in [0.717, 1.165) is 0 Å². The van der Waals surface area contributed by atoms with Crippen LogP contribution in [-0.4, -0.2) is 91.5 Å². The number of carbonyl (C=O) groups is 5. The van der Waals surface area contributed by atoms with E-state index in [1.165, 1.54) is 12.5 Å². The van der Waals surface area contributed by atoms with Gasteiger partial charge in [0.25, 0.3) is 0 Å². The van der Waals surface area contributed by atoms with Crippen molar-refractivity contribution in [3.63, 3.8) is 0 Å². The largest absolute Gasteiger partial charge is 0.481 e. The molecule has 9 N–H and O–H groups in total. The summed E-state index contributed by atoms with van der Waals surface area (Å²) in [5, 5.41) is 33.9. The summed E-state index contributed by atoms with van der Waals surface area (Å²) in [5.74, 6) is -5.34. The molecule has 0 aliphatic rings. The van der Waals surface area contributed by atoms with Gasteiger partial charge in [-0.3, -0.25) is 19.2 Å². The number of thiol groups is 1. The number of H-pyrrole nitrogens is 1. The van der Waals surface area contributed by atoms with Crippen LogP contribution in [-0.2, 0) is 30.4 Å². The molecule has 14 nitrogen and oxygen atoms in total. The number of nitrogens with one attached hydrogen (secondary N) is 4.